The number of likely N-dealkylation sites (tertiary alicyclic amines) is 1. The van der Waals surface area contributed by atoms with E-state index in [0.717, 1.165) is 13.1 Å². The van der Waals surface area contributed by atoms with Crippen LogP contribution < -0.4 is 0 Å². The van der Waals surface area contributed by atoms with Crippen molar-refractivity contribution in [2.45, 2.75) is 32.3 Å². The summed E-state index contributed by atoms with van der Waals surface area (Å²) in [6.07, 6.45) is -0.217. The fourth-order valence-electron chi connectivity index (χ4n) is 2.88. The summed E-state index contributed by atoms with van der Waals surface area (Å²) >= 11 is 0. The summed E-state index contributed by atoms with van der Waals surface area (Å²) in [5.41, 5.74) is 3.34. The largest absolute Gasteiger partial charge is 0.444 e. The van der Waals surface area contributed by atoms with Gasteiger partial charge in [-0.25, -0.2) is 4.79 Å². The lowest BCUT2D eigenvalue weighted by molar-refractivity contribution is 0.00823. The fourth-order valence-corrected chi connectivity index (χ4v) is 2.88. The van der Waals surface area contributed by atoms with E-state index >= 15 is 0 Å². The number of rotatable bonds is 2. The Bertz CT molecular complexity index is 682. The molecule has 3 rings (SSSR count). The molecule has 0 N–H and O–H groups in total. The number of carbonyl (C=O) groups is 1. The number of benzene rings is 2. The Morgan fingerprint density at radius 3 is 2.26 bits per heavy atom. The molecular weight excluding hydrogens is 286 g/mol. The molecule has 1 heterocycles. The van der Waals surface area contributed by atoms with Gasteiger partial charge in [0.25, 0.3) is 0 Å². The van der Waals surface area contributed by atoms with Gasteiger partial charge < -0.3 is 9.64 Å². The molecule has 120 valence electrons. The van der Waals surface area contributed by atoms with Gasteiger partial charge in [-0.3, -0.25) is 0 Å². The van der Waals surface area contributed by atoms with Gasteiger partial charge >= 0.3 is 6.09 Å². The molecule has 2 aromatic carbocycles. The van der Waals surface area contributed by atoms with E-state index in [0.29, 0.717) is 5.92 Å². The van der Waals surface area contributed by atoms with Gasteiger partial charge in [-0.1, -0.05) is 54.6 Å². The molecule has 0 aromatic heterocycles. The molecule has 23 heavy (non-hydrogen) atoms. The van der Waals surface area contributed by atoms with E-state index in [1.165, 1.54) is 16.7 Å². The van der Waals surface area contributed by atoms with E-state index in [1.54, 1.807) is 4.90 Å². The molecule has 0 saturated carbocycles. The maximum absolute atomic E-state index is 12.1. The average molecular weight is 309 g/mol. The van der Waals surface area contributed by atoms with Crippen molar-refractivity contribution in [2.75, 3.05) is 13.1 Å². The van der Waals surface area contributed by atoms with Gasteiger partial charge in [0.05, 0.1) is 0 Å². The molecule has 1 amide bonds. The zero-order valence-corrected chi connectivity index (χ0v) is 14.0. The molecule has 1 aliphatic rings. The van der Waals surface area contributed by atoms with E-state index in [9.17, 15) is 4.79 Å². The molecular formula is C20H23NO2. The number of ether oxygens (including phenoxy) is 1. The van der Waals surface area contributed by atoms with Crippen molar-refractivity contribution in [1.82, 2.24) is 4.90 Å². The van der Waals surface area contributed by atoms with E-state index in [2.05, 4.69) is 48.5 Å². The maximum atomic E-state index is 12.1. The van der Waals surface area contributed by atoms with Crippen molar-refractivity contribution in [3.8, 4) is 11.1 Å². The molecule has 0 spiro atoms. The van der Waals surface area contributed by atoms with Gasteiger partial charge in [0.15, 0.2) is 0 Å². The summed E-state index contributed by atoms with van der Waals surface area (Å²) in [6.45, 7) is 7.13. The molecule has 0 aliphatic carbocycles. The first-order valence-electron chi connectivity index (χ1n) is 8.06. The van der Waals surface area contributed by atoms with Crippen molar-refractivity contribution in [3.05, 3.63) is 60.2 Å². The molecule has 0 bridgehead atoms. The van der Waals surface area contributed by atoms with Gasteiger partial charge in [0.2, 0.25) is 0 Å². The number of carbonyl (C=O) groups excluding carboxylic acids is 1. The van der Waals surface area contributed by atoms with Gasteiger partial charge in [-0.05, 0) is 37.5 Å². The smallest absolute Gasteiger partial charge is 0.410 e. The second-order valence-electron chi connectivity index (χ2n) is 7.04. The summed E-state index contributed by atoms with van der Waals surface area (Å²) in [6, 6.07) is 18.8. The number of nitrogens with zero attached hydrogens (tertiary/aromatic N) is 1. The minimum Gasteiger partial charge on any atom is -0.444 e. The van der Waals surface area contributed by atoms with Crippen LogP contribution in [0.25, 0.3) is 11.1 Å². The van der Waals surface area contributed by atoms with Gasteiger partial charge in [-0.2, -0.15) is 0 Å². The molecule has 2 aromatic rings. The molecule has 0 radical (unpaired) electrons. The minimum atomic E-state index is -0.440. The zero-order chi connectivity index (χ0) is 16.4. The second kappa shape index (κ2) is 6.07. The highest BCUT2D eigenvalue weighted by atomic mass is 16.6. The van der Waals surface area contributed by atoms with Crippen LogP contribution >= 0.6 is 0 Å². The zero-order valence-electron chi connectivity index (χ0n) is 14.0. The van der Waals surface area contributed by atoms with Crippen molar-refractivity contribution < 1.29 is 9.53 Å². The standard InChI is InChI=1S/C20H23NO2/c1-20(2,3)23-19(22)21-13-16(14-21)18-12-8-7-11-17(18)15-9-5-4-6-10-15/h4-12,16H,13-14H2,1-3H3. The van der Waals surface area contributed by atoms with E-state index < -0.39 is 5.60 Å². The van der Waals surface area contributed by atoms with Crippen LogP contribution in [-0.4, -0.2) is 29.7 Å². The van der Waals surface area contributed by atoms with Crippen LogP contribution in [0, 0.1) is 0 Å². The van der Waals surface area contributed by atoms with Gasteiger partial charge in [0, 0.05) is 19.0 Å². The molecule has 1 fully saturated rings. The predicted molar refractivity (Wildman–Crippen MR) is 92.4 cm³/mol. The molecule has 3 heteroatoms. The summed E-state index contributed by atoms with van der Waals surface area (Å²) in [7, 11) is 0. The van der Waals surface area contributed by atoms with E-state index in [4.69, 9.17) is 4.74 Å². The highest BCUT2D eigenvalue weighted by Gasteiger charge is 2.35. The molecule has 1 saturated heterocycles. The van der Waals surface area contributed by atoms with Crippen LogP contribution in [0.3, 0.4) is 0 Å². The third-order valence-corrected chi connectivity index (χ3v) is 4.02. The number of hydrogen-bond acceptors (Lipinski definition) is 2. The van der Waals surface area contributed by atoms with Crippen LogP contribution in [0.1, 0.15) is 32.3 Å². The summed E-state index contributed by atoms with van der Waals surface area (Å²) in [4.78, 5) is 13.9. The molecule has 3 nitrogen and oxygen atoms in total. The average Bonchev–Trinajstić information content (AvgIpc) is 2.45. The Morgan fingerprint density at radius 1 is 1.00 bits per heavy atom. The number of amides is 1. The fraction of sp³-hybridized carbons (Fsp3) is 0.350. The van der Waals surface area contributed by atoms with Crippen molar-refractivity contribution in [1.29, 1.82) is 0 Å². The third-order valence-electron chi connectivity index (χ3n) is 4.02. The Hall–Kier alpha value is -2.29. The normalized spacial score (nSPS) is 15.2. The Labute approximate surface area is 137 Å². The second-order valence-corrected chi connectivity index (χ2v) is 7.04. The Balaban J connectivity index is 1.73. The SMILES string of the molecule is CC(C)(C)OC(=O)N1CC(c2ccccc2-c2ccccc2)C1. The first kappa shape index (κ1) is 15.6. The van der Waals surface area contributed by atoms with Crippen LogP contribution in [0.2, 0.25) is 0 Å². The molecule has 0 unspecified atom stereocenters. The topological polar surface area (TPSA) is 29.5 Å². The summed E-state index contributed by atoms with van der Waals surface area (Å²) < 4.78 is 5.43. The van der Waals surface area contributed by atoms with Crippen molar-refractivity contribution >= 4 is 6.09 Å². The van der Waals surface area contributed by atoms with Crippen LogP contribution in [0.4, 0.5) is 4.79 Å². The lowest BCUT2D eigenvalue weighted by atomic mass is 9.86. The highest BCUT2D eigenvalue weighted by Crippen LogP contribution is 2.35. The minimum absolute atomic E-state index is 0.217. The maximum Gasteiger partial charge on any atom is 0.410 e. The Morgan fingerprint density at radius 2 is 1.61 bits per heavy atom. The Kier molecular flexibility index (Phi) is 4.12. The predicted octanol–water partition coefficient (Wildman–Crippen LogP) is 4.69. The van der Waals surface area contributed by atoms with Gasteiger partial charge in [-0.15, -0.1) is 0 Å². The van der Waals surface area contributed by atoms with E-state index in [1.807, 2.05) is 26.8 Å². The van der Waals surface area contributed by atoms with Crippen molar-refractivity contribution in [3.63, 3.8) is 0 Å². The lowest BCUT2D eigenvalue weighted by Gasteiger charge is -2.40. The van der Waals surface area contributed by atoms with Crippen molar-refractivity contribution in [2.24, 2.45) is 0 Å². The number of hydrogen-bond donors (Lipinski definition) is 0. The van der Waals surface area contributed by atoms with E-state index in [-0.39, 0.29) is 6.09 Å². The monoisotopic (exact) mass is 309 g/mol. The first-order chi connectivity index (χ1) is 10.9. The highest BCUT2D eigenvalue weighted by molar-refractivity contribution is 5.72. The van der Waals surface area contributed by atoms with Crippen LogP contribution in [-0.2, 0) is 4.74 Å². The van der Waals surface area contributed by atoms with Crippen LogP contribution in [0.15, 0.2) is 54.6 Å². The third kappa shape index (κ3) is 3.55. The first-order valence-corrected chi connectivity index (χ1v) is 8.06. The molecule has 0 atom stereocenters. The quantitative estimate of drug-likeness (QED) is 0.805. The summed E-state index contributed by atoms with van der Waals surface area (Å²) in [5.74, 6) is 0.374. The lowest BCUT2D eigenvalue weighted by Crippen LogP contribution is -2.50. The van der Waals surface area contributed by atoms with Crippen LogP contribution in [0.5, 0.6) is 0 Å². The van der Waals surface area contributed by atoms with Gasteiger partial charge in [0.1, 0.15) is 5.60 Å². The molecule has 1 aliphatic heterocycles. The summed E-state index contributed by atoms with van der Waals surface area (Å²) in [5, 5.41) is 0.